The quantitative estimate of drug-likeness (QED) is 0.189. The minimum absolute atomic E-state index is 0. The van der Waals surface area contributed by atoms with Gasteiger partial charge < -0.3 is 34.0 Å². The third kappa shape index (κ3) is 6.59. The second-order valence-electron chi connectivity index (χ2n) is 5.10. The first kappa shape index (κ1) is 24.4. The number of aryl methyl sites for hydroxylation is 1. The van der Waals surface area contributed by atoms with E-state index in [-0.39, 0.29) is 68.1 Å². The molecule has 1 heterocycles. The molecule has 0 saturated carbocycles. The molecule has 2 aromatic carbocycles. The molecule has 0 unspecified atom stereocenters. The van der Waals surface area contributed by atoms with Gasteiger partial charge in [0.2, 0.25) is 0 Å². The number of benzene rings is 2. The Hall–Kier alpha value is -0.558. The van der Waals surface area contributed by atoms with Crippen molar-refractivity contribution in [2.24, 2.45) is 0 Å². The third-order valence-electron chi connectivity index (χ3n) is 3.46. The van der Waals surface area contributed by atoms with E-state index in [1.54, 1.807) is 4.57 Å². The average molecular weight is 585 g/mol. The molecule has 1 N–H and O–H groups in total. The minimum Gasteiger partial charge on any atom is -1.00 e. The predicted molar refractivity (Wildman–Crippen MR) is 85.0 cm³/mol. The van der Waals surface area contributed by atoms with Crippen molar-refractivity contribution in [1.82, 2.24) is 4.57 Å². The van der Waals surface area contributed by atoms with Crippen LogP contribution in [0.4, 0.5) is 0 Å². The summed E-state index contributed by atoms with van der Waals surface area (Å²) in [5, 5.41) is 0. The average Bonchev–Trinajstić information content (AvgIpc) is 2.84. The molecular formula is C16H18Br2N2O3PdS+. The van der Waals surface area contributed by atoms with Crippen LogP contribution in [0.5, 0.6) is 0 Å². The van der Waals surface area contributed by atoms with Gasteiger partial charge in [0, 0.05) is 1.43 Å². The van der Waals surface area contributed by atoms with E-state index < -0.39 is 10.1 Å². The Labute approximate surface area is 183 Å². The summed E-state index contributed by atoms with van der Waals surface area (Å²) >= 11 is 0. The van der Waals surface area contributed by atoms with Crippen LogP contribution in [0.1, 0.15) is 6.99 Å². The van der Waals surface area contributed by atoms with Gasteiger partial charge in [-0.15, -0.1) is 0 Å². The molecule has 0 aliphatic carbocycles. The van der Waals surface area contributed by atoms with Crippen LogP contribution in [-0.4, -0.2) is 23.3 Å². The Morgan fingerprint density at radius 3 is 2.28 bits per heavy atom. The smallest absolute Gasteiger partial charge is 1.00 e. The molecule has 0 spiro atoms. The molecule has 0 fully saturated rings. The minimum atomic E-state index is -3.99. The van der Waals surface area contributed by atoms with Crippen LogP contribution in [0.15, 0.2) is 54.6 Å². The number of hydrogen-bond acceptors (Lipinski definition) is 2. The number of hydrogen-bond donors (Lipinski definition) is 1. The number of halogens is 2. The molecule has 0 bridgehead atoms. The Morgan fingerprint density at radius 1 is 1.04 bits per heavy atom. The van der Waals surface area contributed by atoms with Gasteiger partial charge in [0.1, 0.15) is 18.8 Å². The van der Waals surface area contributed by atoms with Crippen molar-refractivity contribution >= 4 is 21.2 Å². The largest absolute Gasteiger partial charge is 2.00 e. The van der Waals surface area contributed by atoms with E-state index in [0.29, 0.717) is 6.54 Å². The Bertz CT molecular complexity index is 908. The molecule has 0 aliphatic rings. The zero-order valence-electron chi connectivity index (χ0n) is 13.0. The van der Waals surface area contributed by atoms with Crippen LogP contribution in [0.2, 0.25) is 0 Å². The molecule has 25 heavy (non-hydrogen) atoms. The van der Waals surface area contributed by atoms with Gasteiger partial charge in [0.05, 0.1) is 0 Å². The van der Waals surface area contributed by atoms with Crippen molar-refractivity contribution in [3.05, 3.63) is 66.5 Å². The zero-order valence-corrected chi connectivity index (χ0v) is 18.5. The van der Waals surface area contributed by atoms with E-state index in [9.17, 15) is 8.42 Å². The molecule has 3 rings (SSSR count). The first-order valence-corrected chi connectivity index (χ1v) is 8.53. The molecule has 0 saturated heterocycles. The summed E-state index contributed by atoms with van der Waals surface area (Å²) in [6, 6.07) is 17.7. The summed E-state index contributed by atoms with van der Waals surface area (Å²) in [5.41, 5.74) is 3.00. The second-order valence-corrected chi connectivity index (χ2v) is 6.67. The molecule has 1 aromatic heterocycles. The molecule has 3 aromatic rings. The van der Waals surface area contributed by atoms with Crippen molar-refractivity contribution < 1.29 is 73.4 Å². The van der Waals surface area contributed by atoms with Crippen molar-refractivity contribution in [1.29, 1.82) is 0 Å². The van der Waals surface area contributed by atoms with Crippen molar-refractivity contribution in [2.45, 2.75) is 13.1 Å². The maximum absolute atomic E-state index is 11.0. The van der Waals surface area contributed by atoms with E-state index in [2.05, 4.69) is 6.33 Å². The number of fused-ring (bicyclic) bond motifs is 1. The first-order chi connectivity index (χ1) is 10.5. The fourth-order valence-electron chi connectivity index (χ4n) is 2.44. The number of aromatic nitrogens is 2. The van der Waals surface area contributed by atoms with Crippen molar-refractivity contribution in [2.75, 3.05) is 5.75 Å². The second kappa shape index (κ2) is 10.6. The van der Waals surface area contributed by atoms with E-state index in [1.807, 2.05) is 59.2 Å². The van der Waals surface area contributed by atoms with E-state index in [1.165, 1.54) is 0 Å². The van der Waals surface area contributed by atoms with Crippen LogP contribution in [0.3, 0.4) is 0 Å². The van der Waals surface area contributed by atoms with E-state index in [0.717, 1.165) is 16.6 Å². The van der Waals surface area contributed by atoms with Gasteiger partial charge in [-0.25, -0.2) is 9.13 Å². The standard InChI is InChI=1S/C16H16N2O3S.2BrH.Pd.H2/c19-22(20,21)11-10-17-13-18(12-14-6-2-1-3-7-14)16-9-5-4-8-15(16)17;;;;/h1-9H,10-12H2,(H,19,20,21);2*1H;;1H/q+1;;;+2;/p-2. The monoisotopic (exact) mass is 582 g/mol. The fourth-order valence-corrected chi connectivity index (χ4v) is 2.85. The van der Waals surface area contributed by atoms with Crippen LogP contribution >= 0.6 is 0 Å². The maximum Gasteiger partial charge on any atom is 2.00 e. The first-order valence-electron chi connectivity index (χ1n) is 6.92. The summed E-state index contributed by atoms with van der Waals surface area (Å²) in [7, 11) is -3.99. The summed E-state index contributed by atoms with van der Waals surface area (Å²) < 4.78 is 34.5. The summed E-state index contributed by atoms with van der Waals surface area (Å²) in [6.07, 6.45) is 3.17. The fraction of sp³-hybridized carbons (Fsp3) is 0.188. The molecule has 5 nitrogen and oxygen atoms in total. The van der Waals surface area contributed by atoms with Crippen LogP contribution < -0.4 is 38.5 Å². The number of imidazole rings is 1. The Kier molecular flexibility index (Phi) is 10.3. The number of para-hydroxylation sites is 2. The molecule has 9 heteroatoms. The number of nitrogens with zero attached hydrogens (tertiary/aromatic N) is 2. The summed E-state index contributed by atoms with van der Waals surface area (Å²) in [5.74, 6) is -0.326. The van der Waals surface area contributed by atoms with Crippen molar-refractivity contribution in [3.63, 3.8) is 0 Å². The van der Waals surface area contributed by atoms with Gasteiger partial charge in [-0.2, -0.15) is 8.42 Å². The van der Waals surface area contributed by atoms with Gasteiger partial charge in [-0.3, -0.25) is 4.55 Å². The third-order valence-corrected chi connectivity index (χ3v) is 4.16. The van der Waals surface area contributed by atoms with Crippen LogP contribution in [-0.2, 0) is 43.6 Å². The van der Waals surface area contributed by atoms with Gasteiger partial charge >= 0.3 is 26.8 Å². The molecule has 139 valence electrons. The van der Waals surface area contributed by atoms with E-state index in [4.69, 9.17) is 4.55 Å². The van der Waals surface area contributed by atoms with E-state index >= 15 is 0 Å². The molecule has 0 amide bonds. The van der Waals surface area contributed by atoms with Gasteiger partial charge in [0.15, 0.2) is 11.0 Å². The topological polar surface area (TPSA) is 63.2 Å². The normalized spacial score (nSPS) is 10.4. The zero-order chi connectivity index (χ0) is 15.6. The SMILES string of the molecule is O=S(=O)(O)CC[n+]1[c]n(Cc2ccccc2)c2ccccc21.[Br-].[Br-].[HH].[Pd+2]. The van der Waals surface area contributed by atoms with Crippen LogP contribution in [0.25, 0.3) is 11.0 Å². The van der Waals surface area contributed by atoms with Crippen molar-refractivity contribution in [3.8, 4) is 0 Å². The summed E-state index contributed by atoms with van der Waals surface area (Å²) in [6.45, 7) is 0.821. The van der Waals surface area contributed by atoms with Gasteiger partial charge in [0.25, 0.3) is 10.1 Å². The molecule has 0 atom stereocenters. The molecule has 0 aliphatic heterocycles. The number of rotatable bonds is 5. The van der Waals surface area contributed by atoms with Gasteiger partial charge in [-0.05, 0) is 17.7 Å². The predicted octanol–water partition coefficient (Wildman–Crippen LogP) is -4.08. The van der Waals surface area contributed by atoms with Crippen LogP contribution in [0, 0.1) is 6.33 Å². The molecule has 1 radical (unpaired) electrons. The maximum atomic E-state index is 11.0. The van der Waals surface area contributed by atoms with Gasteiger partial charge in [-0.1, -0.05) is 42.5 Å². The Balaban J connectivity index is 0. The Morgan fingerprint density at radius 2 is 1.64 bits per heavy atom. The summed E-state index contributed by atoms with van der Waals surface area (Å²) in [4.78, 5) is 0. The molecular weight excluding hydrogens is 566 g/mol.